The molecule has 0 spiro atoms. The van der Waals surface area contributed by atoms with E-state index >= 15 is 0 Å². The predicted molar refractivity (Wildman–Crippen MR) is 189 cm³/mol. The Bertz CT molecular complexity index is 1280. The van der Waals surface area contributed by atoms with E-state index in [0.29, 0.717) is 33.5 Å². The molecule has 0 amide bonds. The molecule has 2 N–H and O–H groups in total. The molecule has 2 aromatic carbocycles. The lowest BCUT2D eigenvalue weighted by atomic mass is 9.49. The van der Waals surface area contributed by atoms with Gasteiger partial charge in [-0.3, -0.25) is 4.79 Å². The number of aliphatic carboxylic acids is 1. The Morgan fingerprint density at radius 3 is 1.47 bits per heavy atom. The smallest absolute Gasteiger partial charge is 0.300 e. The molecular weight excluding hydrogens is 550 g/mol. The van der Waals surface area contributed by atoms with Crippen molar-refractivity contribution in [3.8, 4) is 0 Å². The first-order valence-electron chi connectivity index (χ1n) is 18.3. The van der Waals surface area contributed by atoms with Crippen molar-refractivity contribution < 1.29 is 9.90 Å². The number of benzene rings is 2. The number of rotatable bonds is 6. The number of fused-ring (bicyclic) bond motifs is 6. The number of nitrogens with one attached hydrogen (secondary N) is 1. The van der Waals surface area contributed by atoms with Gasteiger partial charge in [-0.1, -0.05) is 105 Å². The molecule has 0 unspecified atom stereocenters. The van der Waals surface area contributed by atoms with Gasteiger partial charge in [0.2, 0.25) is 0 Å². The van der Waals surface area contributed by atoms with E-state index in [2.05, 4.69) is 97.1 Å². The van der Waals surface area contributed by atoms with Gasteiger partial charge in [0, 0.05) is 20.0 Å². The van der Waals surface area contributed by atoms with Crippen LogP contribution in [0.3, 0.4) is 0 Å². The van der Waals surface area contributed by atoms with E-state index in [9.17, 15) is 0 Å². The van der Waals surface area contributed by atoms with Crippen molar-refractivity contribution >= 4 is 5.97 Å². The van der Waals surface area contributed by atoms with Crippen LogP contribution in [0.15, 0.2) is 36.4 Å². The number of carboxylic acid groups (broad SMARTS) is 1. The fourth-order valence-corrected chi connectivity index (χ4v) is 11.1. The van der Waals surface area contributed by atoms with Gasteiger partial charge < -0.3 is 10.4 Å². The zero-order valence-corrected chi connectivity index (χ0v) is 30.1. The number of aryl methyl sites for hydroxylation is 2. The van der Waals surface area contributed by atoms with Crippen LogP contribution < -0.4 is 5.32 Å². The quantitative estimate of drug-likeness (QED) is 0.341. The van der Waals surface area contributed by atoms with Gasteiger partial charge in [0.15, 0.2) is 0 Å². The molecular formula is C42H63NO2. The monoisotopic (exact) mass is 613 g/mol. The van der Waals surface area contributed by atoms with Gasteiger partial charge in [0.05, 0.1) is 0 Å². The minimum absolute atomic E-state index is 0.326. The summed E-state index contributed by atoms with van der Waals surface area (Å²) in [6.07, 6.45) is 13.4. The van der Waals surface area contributed by atoms with Gasteiger partial charge >= 0.3 is 0 Å². The fourth-order valence-electron chi connectivity index (χ4n) is 11.1. The third kappa shape index (κ3) is 6.41. The molecule has 0 aromatic heterocycles. The first kappa shape index (κ1) is 34.2. The van der Waals surface area contributed by atoms with Crippen molar-refractivity contribution in [1.82, 2.24) is 5.32 Å². The van der Waals surface area contributed by atoms with Crippen molar-refractivity contribution in [2.75, 3.05) is 13.1 Å². The summed E-state index contributed by atoms with van der Waals surface area (Å²) in [5, 5.41) is 11.6. The van der Waals surface area contributed by atoms with Gasteiger partial charge in [-0.2, -0.15) is 0 Å². The average molecular weight is 614 g/mol. The highest BCUT2D eigenvalue weighted by Crippen LogP contribution is 2.59. The third-order valence-corrected chi connectivity index (χ3v) is 13.4. The van der Waals surface area contributed by atoms with E-state index in [1.165, 1.54) is 88.4 Å². The first-order chi connectivity index (χ1) is 21.1. The zero-order valence-electron chi connectivity index (χ0n) is 30.1. The lowest BCUT2D eigenvalue weighted by molar-refractivity contribution is -0.134. The largest absolute Gasteiger partial charge is 0.481 e. The molecule has 0 heterocycles. The lowest BCUT2D eigenvalue weighted by Gasteiger charge is -2.57. The summed E-state index contributed by atoms with van der Waals surface area (Å²) < 4.78 is 0. The van der Waals surface area contributed by atoms with Crippen molar-refractivity contribution in [1.29, 1.82) is 0 Å². The van der Waals surface area contributed by atoms with Crippen LogP contribution in [0.25, 0.3) is 0 Å². The first-order valence-corrected chi connectivity index (χ1v) is 18.3. The molecule has 2 saturated carbocycles. The van der Waals surface area contributed by atoms with Gasteiger partial charge in [0.1, 0.15) is 0 Å². The van der Waals surface area contributed by atoms with Crippen LogP contribution in [0, 0.1) is 22.7 Å². The highest BCUT2D eigenvalue weighted by atomic mass is 16.4. The molecule has 6 atom stereocenters. The predicted octanol–water partition coefficient (Wildman–Crippen LogP) is 10.3. The molecule has 3 heteroatoms. The molecule has 4 aliphatic carbocycles. The highest BCUT2D eigenvalue weighted by molar-refractivity contribution is 5.63. The second-order valence-corrected chi connectivity index (χ2v) is 17.3. The Balaban J connectivity index is 0.000000945. The molecule has 45 heavy (non-hydrogen) atoms. The van der Waals surface area contributed by atoms with E-state index in [1.807, 2.05) is 0 Å². The molecule has 248 valence electrons. The van der Waals surface area contributed by atoms with Gasteiger partial charge in [-0.15, -0.1) is 0 Å². The molecule has 6 rings (SSSR count). The van der Waals surface area contributed by atoms with Crippen LogP contribution in [-0.2, 0) is 28.5 Å². The SMILES string of the molecule is CC(=O)O.CC(C)c1ccc2c(c1)CC[C@H]1[C@](C)(CNC[C@]3(C)CCC[C@]4(C)c5ccc(C(C)C)cc5CC[C@@H]34)CCC[C@]21C. The summed E-state index contributed by atoms with van der Waals surface area (Å²) in [6.45, 7) is 23.3. The van der Waals surface area contributed by atoms with Crippen LogP contribution in [0.4, 0.5) is 0 Å². The minimum Gasteiger partial charge on any atom is -0.481 e. The van der Waals surface area contributed by atoms with Gasteiger partial charge in [-0.25, -0.2) is 0 Å². The van der Waals surface area contributed by atoms with Crippen LogP contribution in [-0.4, -0.2) is 24.2 Å². The zero-order chi connectivity index (χ0) is 32.8. The van der Waals surface area contributed by atoms with Crippen molar-refractivity contribution in [3.63, 3.8) is 0 Å². The van der Waals surface area contributed by atoms with Crippen LogP contribution in [0.2, 0.25) is 0 Å². The van der Waals surface area contributed by atoms with Gasteiger partial charge in [0.25, 0.3) is 5.97 Å². The average Bonchev–Trinajstić information content (AvgIpc) is 2.96. The van der Waals surface area contributed by atoms with Crippen LogP contribution >= 0.6 is 0 Å². The summed E-state index contributed by atoms with van der Waals surface area (Å²) in [7, 11) is 0. The van der Waals surface area contributed by atoms with E-state index in [-0.39, 0.29) is 0 Å². The molecule has 0 bridgehead atoms. The fraction of sp³-hybridized carbons (Fsp3) is 0.690. The topological polar surface area (TPSA) is 49.3 Å². The Labute approximate surface area is 275 Å². The van der Waals surface area contributed by atoms with E-state index in [4.69, 9.17) is 9.90 Å². The number of hydrogen-bond acceptors (Lipinski definition) is 2. The van der Waals surface area contributed by atoms with E-state index in [0.717, 1.165) is 18.8 Å². The summed E-state index contributed by atoms with van der Waals surface area (Å²) >= 11 is 0. The number of carboxylic acids is 1. The molecule has 3 nitrogen and oxygen atoms in total. The normalized spacial score (nSPS) is 33.8. The van der Waals surface area contributed by atoms with Crippen molar-refractivity contribution in [3.05, 3.63) is 69.8 Å². The standard InChI is InChI=1S/C40H59N.C2H4O2/c1-27(2)29-11-15-33-31(23-29)13-17-35-37(5,19-9-21-39(33,35)7)25-41-26-38(6)20-10-22-40(8)34-16-12-30(28(3)4)24-32(34)14-18-36(38)40;1-2(3)4/h11-12,15-16,23-24,27-28,35-36,41H,9-10,13-14,17-22,25-26H2,1-8H3;1H3,(H,3,4)/t35-,36-,37-,38-,39+,40+;/m0./s1. The Kier molecular flexibility index (Phi) is 9.74. The molecule has 0 radical (unpaired) electrons. The summed E-state index contributed by atoms with van der Waals surface area (Å²) in [6, 6.07) is 15.1. The van der Waals surface area contributed by atoms with Crippen molar-refractivity contribution in [2.45, 2.75) is 149 Å². The molecule has 2 fully saturated rings. The molecule has 0 aliphatic heterocycles. The molecule has 2 aromatic rings. The van der Waals surface area contributed by atoms with Gasteiger partial charge in [-0.05, 0) is 130 Å². The third-order valence-electron chi connectivity index (χ3n) is 13.4. The summed E-state index contributed by atoms with van der Waals surface area (Å²) in [4.78, 5) is 9.00. The molecule has 4 aliphatic rings. The second kappa shape index (κ2) is 12.8. The van der Waals surface area contributed by atoms with Crippen LogP contribution in [0.1, 0.15) is 159 Å². The van der Waals surface area contributed by atoms with E-state index < -0.39 is 5.97 Å². The van der Waals surface area contributed by atoms with Crippen molar-refractivity contribution in [2.24, 2.45) is 22.7 Å². The Morgan fingerprint density at radius 1 is 0.733 bits per heavy atom. The summed E-state index contributed by atoms with van der Waals surface area (Å²) in [5.41, 5.74) is 11.1. The number of hydrogen-bond donors (Lipinski definition) is 2. The maximum atomic E-state index is 9.00. The maximum Gasteiger partial charge on any atom is 0.300 e. The Morgan fingerprint density at radius 2 is 1.11 bits per heavy atom. The van der Waals surface area contributed by atoms with E-state index in [1.54, 1.807) is 22.3 Å². The lowest BCUT2D eigenvalue weighted by Crippen LogP contribution is -2.55. The number of carbonyl (C=O) groups is 1. The Hall–Kier alpha value is -2.13. The second-order valence-electron chi connectivity index (χ2n) is 17.3. The maximum absolute atomic E-state index is 9.00. The summed E-state index contributed by atoms with van der Waals surface area (Å²) in [5.74, 6) is 1.94. The van der Waals surface area contributed by atoms with Crippen LogP contribution in [0.5, 0.6) is 0 Å². The minimum atomic E-state index is -0.833. The molecule has 0 saturated heterocycles. The highest BCUT2D eigenvalue weighted by Gasteiger charge is 2.53.